The maximum Gasteiger partial charge on any atom is 0.197 e. The van der Waals surface area contributed by atoms with Gasteiger partial charge < -0.3 is 0 Å². The van der Waals surface area contributed by atoms with Gasteiger partial charge in [-0.15, -0.1) is 0 Å². The first kappa shape index (κ1) is 13.9. The Morgan fingerprint density at radius 3 is 2.63 bits per heavy atom. The number of carbonyl (C=O) groups is 1. The van der Waals surface area contributed by atoms with E-state index in [2.05, 4.69) is 22.9 Å². The molecule has 2 aromatic rings. The van der Waals surface area contributed by atoms with Gasteiger partial charge in [-0.05, 0) is 46.1 Å². The van der Waals surface area contributed by atoms with E-state index in [-0.39, 0.29) is 11.3 Å². The van der Waals surface area contributed by atoms with E-state index in [1.54, 1.807) is 18.2 Å². The molecule has 3 heteroatoms. The van der Waals surface area contributed by atoms with Crippen LogP contribution in [0.2, 0.25) is 0 Å². The van der Waals surface area contributed by atoms with E-state index in [1.165, 1.54) is 6.07 Å². The summed E-state index contributed by atoms with van der Waals surface area (Å²) in [7, 11) is 0. The minimum absolute atomic E-state index is 0.0937. The summed E-state index contributed by atoms with van der Waals surface area (Å²) in [4.78, 5) is 12.4. The molecule has 0 bridgehead atoms. The SMILES string of the molecule is CCCc1cccc(C(=O)c2c(F)cccc2Br)c1. The molecule has 0 fully saturated rings. The fraction of sp³-hybridized carbons (Fsp3) is 0.188. The minimum Gasteiger partial charge on any atom is -0.288 e. The number of hydrogen-bond donors (Lipinski definition) is 0. The molecule has 0 unspecified atom stereocenters. The van der Waals surface area contributed by atoms with Crippen LogP contribution >= 0.6 is 15.9 Å². The number of rotatable bonds is 4. The molecule has 0 radical (unpaired) electrons. The molecular formula is C16H14BrFO. The topological polar surface area (TPSA) is 17.1 Å². The third-order valence-electron chi connectivity index (χ3n) is 2.92. The summed E-state index contributed by atoms with van der Waals surface area (Å²) in [5, 5.41) is 0. The van der Waals surface area contributed by atoms with Gasteiger partial charge in [0.15, 0.2) is 5.78 Å². The molecule has 0 saturated heterocycles. The van der Waals surface area contributed by atoms with Crippen molar-refractivity contribution < 1.29 is 9.18 Å². The van der Waals surface area contributed by atoms with Crippen LogP contribution in [0.5, 0.6) is 0 Å². The van der Waals surface area contributed by atoms with Gasteiger partial charge in [-0.25, -0.2) is 4.39 Å². The summed E-state index contributed by atoms with van der Waals surface area (Å²) in [6.07, 6.45) is 1.93. The molecule has 0 amide bonds. The molecule has 2 rings (SSSR count). The van der Waals surface area contributed by atoms with Gasteiger partial charge in [0.05, 0.1) is 5.56 Å². The van der Waals surface area contributed by atoms with Crippen molar-refractivity contribution in [2.75, 3.05) is 0 Å². The highest BCUT2D eigenvalue weighted by Gasteiger charge is 2.17. The van der Waals surface area contributed by atoms with Crippen molar-refractivity contribution in [3.8, 4) is 0 Å². The van der Waals surface area contributed by atoms with Crippen molar-refractivity contribution in [3.63, 3.8) is 0 Å². The Morgan fingerprint density at radius 2 is 1.95 bits per heavy atom. The monoisotopic (exact) mass is 320 g/mol. The van der Waals surface area contributed by atoms with Gasteiger partial charge in [0, 0.05) is 10.0 Å². The maximum absolute atomic E-state index is 13.8. The zero-order valence-electron chi connectivity index (χ0n) is 10.6. The first-order valence-electron chi connectivity index (χ1n) is 6.21. The summed E-state index contributed by atoms with van der Waals surface area (Å²) in [6.45, 7) is 2.09. The third kappa shape index (κ3) is 3.10. The van der Waals surface area contributed by atoms with Crippen LogP contribution in [-0.2, 0) is 6.42 Å². The second-order valence-electron chi connectivity index (χ2n) is 4.38. The predicted molar refractivity (Wildman–Crippen MR) is 78.0 cm³/mol. The van der Waals surface area contributed by atoms with Crippen LogP contribution in [0.25, 0.3) is 0 Å². The Bertz CT molecular complexity index is 587. The van der Waals surface area contributed by atoms with Crippen LogP contribution in [0.4, 0.5) is 4.39 Å². The summed E-state index contributed by atoms with van der Waals surface area (Å²) in [5.74, 6) is -0.789. The van der Waals surface area contributed by atoms with Crippen LogP contribution in [0.1, 0.15) is 34.8 Å². The molecule has 0 aliphatic carbocycles. The van der Waals surface area contributed by atoms with Gasteiger partial charge >= 0.3 is 0 Å². The zero-order chi connectivity index (χ0) is 13.8. The Hall–Kier alpha value is -1.48. The highest BCUT2D eigenvalue weighted by molar-refractivity contribution is 9.10. The fourth-order valence-electron chi connectivity index (χ4n) is 2.02. The molecule has 0 aromatic heterocycles. The Morgan fingerprint density at radius 1 is 1.21 bits per heavy atom. The van der Waals surface area contributed by atoms with Crippen molar-refractivity contribution >= 4 is 21.7 Å². The van der Waals surface area contributed by atoms with Crippen LogP contribution in [0.15, 0.2) is 46.9 Å². The molecule has 1 nitrogen and oxygen atoms in total. The van der Waals surface area contributed by atoms with Gasteiger partial charge in [0.1, 0.15) is 5.82 Å². The van der Waals surface area contributed by atoms with Crippen molar-refractivity contribution in [2.45, 2.75) is 19.8 Å². The number of aryl methyl sites for hydroxylation is 1. The first-order chi connectivity index (χ1) is 9.13. The number of ketones is 1. The van der Waals surface area contributed by atoms with Crippen molar-refractivity contribution in [1.29, 1.82) is 0 Å². The Labute approximate surface area is 120 Å². The molecule has 0 aliphatic heterocycles. The lowest BCUT2D eigenvalue weighted by Crippen LogP contribution is -2.06. The predicted octanol–water partition coefficient (Wildman–Crippen LogP) is 4.77. The number of benzene rings is 2. The molecule has 98 valence electrons. The lowest BCUT2D eigenvalue weighted by molar-refractivity contribution is 0.103. The summed E-state index contributed by atoms with van der Waals surface area (Å²) in [6, 6.07) is 11.9. The average molecular weight is 321 g/mol. The van der Waals surface area contributed by atoms with Crippen molar-refractivity contribution in [3.05, 3.63) is 69.4 Å². The highest BCUT2D eigenvalue weighted by Crippen LogP contribution is 2.23. The minimum atomic E-state index is -0.500. The van der Waals surface area contributed by atoms with Crippen LogP contribution in [0, 0.1) is 5.82 Å². The largest absolute Gasteiger partial charge is 0.288 e. The van der Waals surface area contributed by atoms with Crippen molar-refractivity contribution in [2.24, 2.45) is 0 Å². The van der Waals surface area contributed by atoms with E-state index in [0.29, 0.717) is 10.0 Å². The molecular weight excluding hydrogens is 307 g/mol. The zero-order valence-corrected chi connectivity index (χ0v) is 12.2. The molecule has 0 atom stereocenters. The third-order valence-corrected chi connectivity index (χ3v) is 3.58. The van der Waals surface area contributed by atoms with E-state index >= 15 is 0 Å². The van der Waals surface area contributed by atoms with E-state index in [4.69, 9.17) is 0 Å². The second kappa shape index (κ2) is 6.11. The molecule has 0 spiro atoms. The maximum atomic E-state index is 13.8. The smallest absolute Gasteiger partial charge is 0.197 e. The number of halogens is 2. The quantitative estimate of drug-likeness (QED) is 0.741. The van der Waals surface area contributed by atoms with Gasteiger partial charge in [-0.2, -0.15) is 0 Å². The molecule has 0 heterocycles. The van der Waals surface area contributed by atoms with E-state index in [0.717, 1.165) is 18.4 Å². The molecule has 0 N–H and O–H groups in total. The van der Waals surface area contributed by atoms with Gasteiger partial charge in [-0.1, -0.05) is 37.6 Å². The summed E-state index contributed by atoms with van der Waals surface area (Å²) in [5.41, 5.74) is 1.72. The normalized spacial score (nSPS) is 10.5. The van der Waals surface area contributed by atoms with Gasteiger partial charge in [0.2, 0.25) is 0 Å². The summed E-state index contributed by atoms with van der Waals surface area (Å²) >= 11 is 3.23. The van der Waals surface area contributed by atoms with Crippen LogP contribution in [0.3, 0.4) is 0 Å². The van der Waals surface area contributed by atoms with E-state index in [9.17, 15) is 9.18 Å². The lowest BCUT2D eigenvalue weighted by atomic mass is 9.99. The van der Waals surface area contributed by atoms with Gasteiger partial charge in [0.25, 0.3) is 0 Å². The number of hydrogen-bond acceptors (Lipinski definition) is 1. The molecule has 19 heavy (non-hydrogen) atoms. The second-order valence-corrected chi connectivity index (χ2v) is 5.23. The fourth-order valence-corrected chi connectivity index (χ4v) is 2.54. The van der Waals surface area contributed by atoms with Crippen LogP contribution < -0.4 is 0 Å². The van der Waals surface area contributed by atoms with Crippen LogP contribution in [-0.4, -0.2) is 5.78 Å². The van der Waals surface area contributed by atoms with E-state index in [1.807, 2.05) is 18.2 Å². The Balaban J connectivity index is 2.41. The molecule has 0 aliphatic rings. The number of carbonyl (C=O) groups excluding carboxylic acids is 1. The lowest BCUT2D eigenvalue weighted by Gasteiger charge is -2.07. The Kier molecular flexibility index (Phi) is 4.48. The molecule has 2 aromatic carbocycles. The van der Waals surface area contributed by atoms with Crippen molar-refractivity contribution in [1.82, 2.24) is 0 Å². The average Bonchev–Trinajstić information content (AvgIpc) is 2.39. The summed E-state index contributed by atoms with van der Waals surface area (Å²) < 4.78 is 14.3. The highest BCUT2D eigenvalue weighted by atomic mass is 79.9. The van der Waals surface area contributed by atoms with Gasteiger partial charge in [-0.3, -0.25) is 4.79 Å². The first-order valence-corrected chi connectivity index (χ1v) is 7.00. The standard InChI is InChI=1S/C16H14BrFO/c1-2-5-11-6-3-7-12(10-11)16(19)15-13(17)8-4-9-14(15)18/h3-4,6-10H,2,5H2,1H3. The molecule has 0 saturated carbocycles. The van der Waals surface area contributed by atoms with E-state index < -0.39 is 5.82 Å².